The third-order valence-corrected chi connectivity index (χ3v) is 4.92. The normalized spacial score (nSPS) is 13.5. The molecule has 0 spiro atoms. The number of nitrogens with one attached hydrogen (secondary N) is 1. The molecule has 162 valence electrons. The topological polar surface area (TPSA) is 69.6 Å². The summed E-state index contributed by atoms with van der Waals surface area (Å²) in [4.78, 5) is 25.7. The van der Waals surface area contributed by atoms with Crippen molar-refractivity contribution in [1.29, 1.82) is 0 Å². The van der Waals surface area contributed by atoms with Crippen LogP contribution in [0.1, 0.15) is 22.8 Å². The van der Waals surface area contributed by atoms with Crippen molar-refractivity contribution in [3.8, 4) is 11.1 Å². The van der Waals surface area contributed by atoms with Crippen molar-refractivity contribution in [3.05, 3.63) is 47.3 Å². The monoisotopic (exact) mass is 444 g/mol. The van der Waals surface area contributed by atoms with Gasteiger partial charge in [-0.2, -0.15) is 13.2 Å². The highest BCUT2D eigenvalue weighted by Gasteiger charge is 2.55. The quantitative estimate of drug-likeness (QED) is 0.493. The van der Waals surface area contributed by atoms with Gasteiger partial charge >= 0.3 is 6.18 Å². The molecule has 2 N–H and O–H groups in total. The summed E-state index contributed by atoms with van der Waals surface area (Å²) in [6, 6.07) is 7.39. The molecule has 0 fully saturated rings. The fourth-order valence-electron chi connectivity index (χ4n) is 2.62. The SMILES string of the molecule is Cc1c(NC(=O)[C@@](C)(O)C(F)(F)F)cc(S)c(-c2ccccc2C(=O)N(C)C)c1F. The fourth-order valence-corrected chi connectivity index (χ4v) is 2.97. The summed E-state index contributed by atoms with van der Waals surface area (Å²) in [5, 5.41) is 11.4. The summed E-state index contributed by atoms with van der Waals surface area (Å²) >= 11 is 4.21. The van der Waals surface area contributed by atoms with E-state index in [9.17, 15) is 27.9 Å². The van der Waals surface area contributed by atoms with Gasteiger partial charge in [0.2, 0.25) is 5.60 Å². The van der Waals surface area contributed by atoms with Crippen molar-refractivity contribution in [2.24, 2.45) is 0 Å². The Labute approximate surface area is 176 Å². The molecule has 0 aliphatic rings. The smallest absolute Gasteiger partial charge is 0.373 e. The zero-order valence-electron chi connectivity index (χ0n) is 16.6. The Morgan fingerprint density at radius 1 is 1.17 bits per heavy atom. The highest BCUT2D eigenvalue weighted by Crippen LogP contribution is 2.38. The Hall–Kier alpha value is -2.59. The zero-order chi connectivity index (χ0) is 23.0. The maximum atomic E-state index is 15.2. The van der Waals surface area contributed by atoms with Crippen LogP contribution in [0.3, 0.4) is 0 Å². The number of alkyl halides is 3. The van der Waals surface area contributed by atoms with Crippen LogP contribution in [0.4, 0.5) is 23.2 Å². The second kappa shape index (κ2) is 8.27. The number of anilines is 1. The molecule has 0 saturated carbocycles. The summed E-state index contributed by atoms with van der Waals surface area (Å²) < 4.78 is 53.9. The molecule has 0 bridgehead atoms. The van der Waals surface area contributed by atoms with E-state index in [4.69, 9.17) is 0 Å². The third kappa shape index (κ3) is 4.29. The lowest BCUT2D eigenvalue weighted by atomic mass is 9.95. The highest BCUT2D eigenvalue weighted by molar-refractivity contribution is 7.80. The second-order valence-electron chi connectivity index (χ2n) is 7.03. The van der Waals surface area contributed by atoms with Gasteiger partial charge in [-0.15, -0.1) is 12.6 Å². The van der Waals surface area contributed by atoms with Crippen LogP contribution in [0.5, 0.6) is 0 Å². The van der Waals surface area contributed by atoms with E-state index in [2.05, 4.69) is 12.6 Å². The molecule has 10 heteroatoms. The van der Waals surface area contributed by atoms with Crippen LogP contribution in [0, 0.1) is 12.7 Å². The molecule has 0 aliphatic heterocycles. The molecule has 2 amide bonds. The average molecular weight is 444 g/mol. The lowest BCUT2D eigenvalue weighted by molar-refractivity contribution is -0.242. The summed E-state index contributed by atoms with van der Waals surface area (Å²) in [5.74, 6) is -3.02. The number of carbonyl (C=O) groups excluding carboxylic acids is 2. The van der Waals surface area contributed by atoms with Gasteiger partial charge in [0.1, 0.15) is 5.82 Å². The second-order valence-corrected chi connectivity index (χ2v) is 7.51. The van der Waals surface area contributed by atoms with Crippen molar-refractivity contribution in [2.45, 2.75) is 30.5 Å². The molecule has 2 aromatic rings. The number of carbonyl (C=O) groups is 2. The molecule has 0 unspecified atom stereocenters. The number of nitrogens with zero attached hydrogens (tertiary/aromatic N) is 1. The number of amides is 2. The predicted molar refractivity (Wildman–Crippen MR) is 107 cm³/mol. The standard InChI is InChI=1S/C20H20F4N2O3S/c1-10-13(25-18(28)19(2,29)20(22,23)24)9-14(30)15(16(10)21)11-7-5-6-8-12(11)17(27)26(3)4/h5-9,29-30H,1-4H3,(H,25,28)/t19-/m1/s1. The van der Waals surface area contributed by atoms with E-state index in [0.717, 1.165) is 6.07 Å². The van der Waals surface area contributed by atoms with Gasteiger partial charge in [0.05, 0.1) is 0 Å². The first-order chi connectivity index (χ1) is 13.7. The largest absolute Gasteiger partial charge is 0.426 e. The molecular weight excluding hydrogens is 424 g/mol. The van der Waals surface area contributed by atoms with E-state index in [1.807, 2.05) is 5.32 Å². The number of halogens is 4. The van der Waals surface area contributed by atoms with E-state index < -0.39 is 23.5 Å². The molecule has 2 rings (SSSR count). The first kappa shape index (κ1) is 23.7. The van der Waals surface area contributed by atoms with Gasteiger partial charge in [0, 0.05) is 41.4 Å². The van der Waals surface area contributed by atoms with E-state index >= 15 is 4.39 Å². The Morgan fingerprint density at radius 2 is 1.73 bits per heavy atom. The molecule has 0 aliphatic carbocycles. The first-order valence-electron chi connectivity index (χ1n) is 8.63. The van der Waals surface area contributed by atoms with E-state index in [1.165, 1.54) is 38.1 Å². The van der Waals surface area contributed by atoms with Crippen molar-refractivity contribution >= 4 is 30.1 Å². The molecule has 5 nitrogen and oxygen atoms in total. The van der Waals surface area contributed by atoms with Gasteiger partial charge in [0.15, 0.2) is 0 Å². The minimum atomic E-state index is -5.22. The maximum absolute atomic E-state index is 15.2. The highest BCUT2D eigenvalue weighted by atomic mass is 32.1. The van der Waals surface area contributed by atoms with Gasteiger partial charge in [-0.05, 0) is 31.5 Å². The van der Waals surface area contributed by atoms with Crippen molar-refractivity contribution < 1.29 is 32.3 Å². The molecule has 0 aromatic heterocycles. The van der Waals surface area contributed by atoms with Crippen LogP contribution >= 0.6 is 12.6 Å². The number of hydrogen-bond donors (Lipinski definition) is 3. The van der Waals surface area contributed by atoms with E-state index in [0.29, 0.717) is 6.92 Å². The Kier molecular flexibility index (Phi) is 6.53. The van der Waals surface area contributed by atoms with Crippen LogP contribution in [0.2, 0.25) is 0 Å². The van der Waals surface area contributed by atoms with Crippen LogP contribution in [0.15, 0.2) is 35.2 Å². The van der Waals surface area contributed by atoms with Crippen molar-refractivity contribution in [1.82, 2.24) is 4.90 Å². The fraction of sp³-hybridized carbons (Fsp3) is 0.300. The minimum absolute atomic E-state index is 0.0148. The van der Waals surface area contributed by atoms with Gasteiger partial charge in [-0.1, -0.05) is 18.2 Å². The maximum Gasteiger partial charge on any atom is 0.426 e. The molecule has 0 saturated heterocycles. The lowest BCUT2D eigenvalue weighted by Crippen LogP contribution is -2.52. The van der Waals surface area contributed by atoms with Gasteiger partial charge in [-0.25, -0.2) is 4.39 Å². The summed E-state index contributed by atoms with van der Waals surface area (Å²) in [5.41, 5.74) is -3.73. The van der Waals surface area contributed by atoms with E-state index in [1.54, 1.807) is 12.1 Å². The molecular formula is C20H20F4N2O3S. The lowest BCUT2D eigenvalue weighted by Gasteiger charge is -2.25. The molecule has 0 radical (unpaired) electrons. The van der Waals surface area contributed by atoms with E-state index in [-0.39, 0.29) is 38.7 Å². The molecule has 1 atom stereocenters. The molecule has 30 heavy (non-hydrogen) atoms. The Bertz CT molecular complexity index is 1000. The summed E-state index contributed by atoms with van der Waals surface area (Å²) in [6.07, 6.45) is -5.22. The van der Waals surface area contributed by atoms with Gasteiger partial charge in [-0.3, -0.25) is 9.59 Å². The van der Waals surface area contributed by atoms with Crippen molar-refractivity contribution in [2.75, 3.05) is 19.4 Å². The van der Waals surface area contributed by atoms with Crippen LogP contribution in [-0.4, -0.2) is 47.7 Å². The first-order valence-corrected chi connectivity index (χ1v) is 9.08. The average Bonchev–Trinajstić information content (AvgIpc) is 2.64. The summed E-state index contributed by atoms with van der Waals surface area (Å²) in [7, 11) is 3.07. The Morgan fingerprint density at radius 3 is 2.27 bits per heavy atom. The van der Waals surface area contributed by atoms with Crippen molar-refractivity contribution in [3.63, 3.8) is 0 Å². The van der Waals surface area contributed by atoms with Crippen LogP contribution in [0.25, 0.3) is 11.1 Å². The number of rotatable bonds is 4. The third-order valence-electron chi connectivity index (χ3n) is 4.57. The number of thiol groups is 1. The van der Waals surface area contributed by atoms with Gasteiger partial charge < -0.3 is 15.3 Å². The summed E-state index contributed by atoms with van der Waals surface area (Å²) in [6.45, 7) is 1.55. The van der Waals surface area contributed by atoms with Crippen LogP contribution < -0.4 is 5.32 Å². The van der Waals surface area contributed by atoms with Crippen LogP contribution in [-0.2, 0) is 4.79 Å². The zero-order valence-corrected chi connectivity index (χ0v) is 17.5. The number of aliphatic hydroxyl groups is 1. The minimum Gasteiger partial charge on any atom is -0.373 e. The molecule has 0 heterocycles. The number of hydrogen-bond acceptors (Lipinski definition) is 4. The molecule has 2 aromatic carbocycles. The predicted octanol–water partition coefficient (Wildman–Crippen LogP) is 4.04. The Balaban J connectivity index is 2.57. The van der Waals surface area contributed by atoms with Gasteiger partial charge in [0.25, 0.3) is 11.8 Å². The number of benzene rings is 2.